The molecule has 0 aliphatic carbocycles. The fraction of sp³-hybridized carbons (Fsp3) is 0.400. The van der Waals surface area contributed by atoms with E-state index < -0.39 is 10.0 Å². The summed E-state index contributed by atoms with van der Waals surface area (Å²) in [6.45, 7) is 2.93. The maximum absolute atomic E-state index is 11.1. The summed E-state index contributed by atoms with van der Waals surface area (Å²) >= 11 is 0. The molecule has 0 aliphatic rings. The molecule has 0 saturated heterocycles. The van der Waals surface area contributed by atoms with Crippen LogP contribution in [0, 0.1) is 0 Å². The number of hydrogen-bond acceptors (Lipinski definition) is 7. The maximum Gasteiger partial charge on any atom is 0.208 e. The van der Waals surface area contributed by atoms with E-state index >= 15 is 0 Å². The number of anilines is 1. The second-order valence-corrected chi connectivity index (χ2v) is 7.54. The van der Waals surface area contributed by atoms with Crippen molar-refractivity contribution in [2.75, 3.05) is 30.5 Å². The SMILES string of the molecule is CCc1nc2c(N)nc3cccnc3c2n1NCCCNS(C)(=O)=O. The van der Waals surface area contributed by atoms with Gasteiger partial charge in [0, 0.05) is 25.7 Å². The van der Waals surface area contributed by atoms with E-state index in [1.54, 1.807) is 6.20 Å². The minimum Gasteiger partial charge on any atom is -0.382 e. The van der Waals surface area contributed by atoms with Gasteiger partial charge in [0.1, 0.15) is 22.4 Å². The normalized spacial score (nSPS) is 12.1. The topological polar surface area (TPSA) is 128 Å². The van der Waals surface area contributed by atoms with Crippen molar-refractivity contribution in [1.82, 2.24) is 24.4 Å². The molecule has 3 rings (SSSR count). The van der Waals surface area contributed by atoms with Crippen molar-refractivity contribution in [3.63, 3.8) is 0 Å². The Kier molecular flexibility index (Phi) is 4.73. The Balaban J connectivity index is 1.93. The quantitative estimate of drug-likeness (QED) is 0.525. The van der Waals surface area contributed by atoms with E-state index in [1.807, 2.05) is 23.7 Å². The van der Waals surface area contributed by atoms with Crippen molar-refractivity contribution in [2.24, 2.45) is 0 Å². The molecule has 134 valence electrons. The fourth-order valence-electron chi connectivity index (χ4n) is 2.66. The lowest BCUT2D eigenvalue weighted by atomic mass is 10.3. The number of nitrogens with two attached hydrogens (primary N) is 1. The summed E-state index contributed by atoms with van der Waals surface area (Å²) in [5, 5.41) is 0. The zero-order valence-corrected chi connectivity index (χ0v) is 15.0. The van der Waals surface area contributed by atoms with Crippen LogP contribution in [0.3, 0.4) is 0 Å². The second-order valence-electron chi connectivity index (χ2n) is 5.71. The number of nitrogen functional groups attached to an aromatic ring is 1. The van der Waals surface area contributed by atoms with Crippen molar-refractivity contribution in [2.45, 2.75) is 19.8 Å². The Bertz CT molecular complexity index is 1010. The summed E-state index contributed by atoms with van der Waals surface area (Å²) in [4.78, 5) is 13.4. The second kappa shape index (κ2) is 6.81. The first-order valence-corrected chi connectivity index (χ1v) is 9.90. The zero-order valence-electron chi connectivity index (χ0n) is 14.2. The lowest BCUT2D eigenvalue weighted by molar-refractivity contribution is 0.585. The Morgan fingerprint density at radius 3 is 2.76 bits per heavy atom. The average Bonchev–Trinajstić information content (AvgIpc) is 2.93. The lowest BCUT2D eigenvalue weighted by Crippen LogP contribution is -2.26. The van der Waals surface area contributed by atoms with Crippen LogP contribution in [0.1, 0.15) is 19.2 Å². The third kappa shape index (κ3) is 3.64. The molecule has 10 heteroatoms. The number of sulfonamides is 1. The van der Waals surface area contributed by atoms with Gasteiger partial charge >= 0.3 is 0 Å². The van der Waals surface area contributed by atoms with Gasteiger partial charge in [0.05, 0.1) is 11.8 Å². The summed E-state index contributed by atoms with van der Waals surface area (Å²) in [5.41, 5.74) is 12.2. The number of aryl methyl sites for hydroxylation is 1. The van der Waals surface area contributed by atoms with Gasteiger partial charge in [-0.15, -0.1) is 0 Å². The first-order valence-electron chi connectivity index (χ1n) is 8.00. The standard InChI is InChI=1S/C15H21N7O2S/c1-3-11-21-13-14(12-10(20-15(13)16)6-4-7-17-12)22(11)18-8-5-9-19-25(2,23)24/h4,6-7,18-19H,3,5,8-9H2,1-2H3,(H2,16,20). The molecule has 3 aromatic rings. The summed E-state index contributed by atoms with van der Waals surface area (Å²) < 4.78 is 26.6. The van der Waals surface area contributed by atoms with E-state index in [0.29, 0.717) is 42.8 Å². The number of nitrogens with one attached hydrogen (secondary N) is 2. The maximum atomic E-state index is 11.1. The van der Waals surface area contributed by atoms with Crippen molar-refractivity contribution < 1.29 is 8.42 Å². The van der Waals surface area contributed by atoms with Crippen LogP contribution in [-0.2, 0) is 16.4 Å². The molecule has 0 atom stereocenters. The van der Waals surface area contributed by atoms with Crippen LogP contribution >= 0.6 is 0 Å². The molecule has 3 aromatic heterocycles. The molecule has 0 amide bonds. The van der Waals surface area contributed by atoms with Gasteiger partial charge in [-0.2, -0.15) is 0 Å². The number of nitrogens with zero attached hydrogens (tertiary/aromatic N) is 4. The molecule has 0 aromatic carbocycles. The molecule has 0 bridgehead atoms. The average molecular weight is 363 g/mol. The number of fused-ring (bicyclic) bond motifs is 3. The lowest BCUT2D eigenvalue weighted by Gasteiger charge is -2.12. The highest BCUT2D eigenvalue weighted by molar-refractivity contribution is 7.88. The van der Waals surface area contributed by atoms with Crippen LogP contribution in [0.4, 0.5) is 5.82 Å². The van der Waals surface area contributed by atoms with Gasteiger partial charge in [-0.1, -0.05) is 6.92 Å². The predicted octanol–water partition coefficient (Wildman–Crippen LogP) is 0.607. The summed E-state index contributed by atoms with van der Waals surface area (Å²) in [7, 11) is -3.17. The molecule has 3 heterocycles. The highest BCUT2D eigenvalue weighted by Gasteiger charge is 2.17. The Morgan fingerprint density at radius 1 is 1.24 bits per heavy atom. The molecule has 0 unspecified atom stereocenters. The Labute approximate surface area is 145 Å². The van der Waals surface area contributed by atoms with Crippen LogP contribution < -0.4 is 15.9 Å². The number of rotatable bonds is 7. The molecule has 0 saturated carbocycles. The smallest absolute Gasteiger partial charge is 0.208 e. The number of pyridine rings is 2. The van der Waals surface area contributed by atoms with Gasteiger partial charge in [-0.05, 0) is 18.6 Å². The predicted molar refractivity (Wildman–Crippen MR) is 98.3 cm³/mol. The van der Waals surface area contributed by atoms with Gasteiger partial charge < -0.3 is 11.2 Å². The number of hydrogen-bond donors (Lipinski definition) is 3. The van der Waals surface area contributed by atoms with Crippen molar-refractivity contribution in [3.05, 3.63) is 24.2 Å². The van der Waals surface area contributed by atoms with E-state index in [9.17, 15) is 8.42 Å². The van der Waals surface area contributed by atoms with Crippen LogP contribution in [0.5, 0.6) is 0 Å². The van der Waals surface area contributed by atoms with Crippen LogP contribution in [0.15, 0.2) is 18.3 Å². The first-order chi connectivity index (χ1) is 11.9. The first kappa shape index (κ1) is 17.4. The van der Waals surface area contributed by atoms with Crippen LogP contribution in [-0.4, -0.2) is 47.4 Å². The van der Waals surface area contributed by atoms with E-state index in [4.69, 9.17) is 5.73 Å². The minimum absolute atomic E-state index is 0.364. The Hall–Kier alpha value is -2.46. The molecule has 4 N–H and O–H groups in total. The van der Waals surface area contributed by atoms with Crippen LogP contribution in [0.2, 0.25) is 0 Å². The molecular formula is C15H21N7O2S. The highest BCUT2D eigenvalue weighted by atomic mass is 32.2. The van der Waals surface area contributed by atoms with Gasteiger partial charge in [0.2, 0.25) is 10.0 Å². The molecule has 0 radical (unpaired) electrons. The van der Waals surface area contributed by atoms with Gasteiger partial charge in [-0.25, -0.2) is 27.8 Å². The molecule has 25 heavy (non-hydrogen) atoms. The van der Waals surface area contributed by atoms with Crippen LogP contribution in [0.25, 0.3) is 22.1 Å². The monoisotopic (exact) mass is 363 g/mol. The van der Waals surface area contributed by atoms with E-state index in [2.05, 4.69) is 25.1 Å². The van der Waals surface area contributed by atoms with E-state index in [-0.39, 0.29) is 0 Å². The van der Waals surface area contributed by atoms with Crippen molar-refractivity contribution in [1.29, 1.82) is 0 Å². The largest absolute Gasteiger partial charge is 0.382 e. The fourth-order valence-corrected chi connectivity index (χ4v) is 3.18. The number of imidazole rings is 1. The van der Waals surface area contributed by atoms with Crippen molar-refractivity contribution >= 4 is 37.9 Å². The molecule has 0 aliphatic heterocycles. The summed E-state index contributed by atoms with van der Waals surface area (Å²) in [6.07, 6.45) is 4.18. The highest BCUT2D eigenvalue weighted by Crippen LogP contribution is 2.26. The van der Waals surface area contributed by atoms with Gasteiger partial charge in [-0.3, -0.25) is 4.98 Å². The summed E-state index contributed by atoms with van der Waals surface area (Å²) in [6, 6.07) is 3.67. The Morgan fingerprint density at radius 2 is 2.04 bits per heavy atom. The summed E-state index contributed by atoms with van der Waals surface area (Å²) in [5.74, 6) is 1.18. The zero-order chi connectivity index (χ0) is 18.0. The third-order valence-corrected chi connectivity index (χ3v) is 4.47. The molecule has 9 nitrogen and oxygen atoms in total. The van der Waals surface area contributed by atoms with Gasteiger partial charge in [0.15, 0.2) is 5.82 Å². The molecule has 0 spiro atoms. The minimum atomic E-state index is -3.17. The third-order valence-electron chi connectivity index (χ3n) is 3.75. The van der Waals surface area contributed by atoms with E-state index in [1.165, 1.54) is 0 Å². The van der Waals surface area contributed by atoms with Crippen molar-refractivity contribution in [3.8, 4) is 0 Å². The van der Waals surface area contributed by atoms with E-state index in [0.717, 1.165) is 23.1 Å². The number of aromatic nitrogens is 4. The van der Waals surface area contributed by atoms with Gasteiger partial charge in [0.25, 0.3) is 0 Å². The molecular weight excluding hydrogens is 342 g/mol. The molecule has 0 fully saturated rings.